The van der Waals surface area contributed by atoms with E-state index in [0.717, 1.165) is 23.1 Å². The first-order chi connectivity index (χ1) is 9.82. The third kappa shape index (κ3) is 6.98. The topological polar surface area (TPSA) is 38.3 Å². The van der Waals surface area contributed by atoms with E-state index in [1.54, 1.807) is 0 Å². The number of benzene rings is 1. The van der Waals surface area contributed by atoms with Crippen molar-refractivity contribution >= 4 is 21.8 Å². The van der Waals surface area contributed by atoms with Gasteiger partial charge in [-0.05, 0) is 36.5 Å². The molecule has 1 atom stereocenters. The van der Waals surface area contributed by atoms with Gasteiger partial charge in [-0.2, -0.15) is 0 Å². The summed E-state index contributed by atoms with van der Waals surface area (Å²) < 4.78 is 5.61. The van der Waals surface area contributed by atoms with E-state index in [0.29, 0.717) is 13.0 Å². The highest BCUT2D eigenvalue weighted by Gasteiger charge is 2.25. The highest BCUT2D eigenvalue weighted by Crippen LogP contribution is 2.22. The molecule has 1 aromatic rings. The Morgan fingerprint density at radius 3 is 2.67 bits per heavy atom. The number of carbonyl (C=O) groups excluding carboxylic acids is 1. The molecule has 0 aliphatic carbocycles. The lowest BCUT2D eigenvalue weighted by atomic mass is 9.85. The van der Waals surface area contributed by atoms with Gasteiger partial charge >= 0.3 is 0 Å². The highest BCUT2D eigenvalue weighted by atomic mass is 79.9. The molecule has 1 N–H and O–H groups in total. The average Bonchev–Trinajstić information content (AvgIpc) is 2.37. The third-order valence-corrected chi connectivity index (χ3v) is 3.82. The summed E-state index contributed by atoms with van der Waals surface area (Å²) in [6.45, 7) is 8.85. The summed E-state index contributed by atoms with van der Waals surface area (Å²) >= 11 is 3.45. The summed E-state index contributed by atoms with van der Waals surface area (Å²) in [5.74, 6) is 0.860. The number of nitrogens with one attached hydrogen (secondary N) is 1. The van der Waals surface area contributed by atoms with Crippen molar-refractivity contribution in [2.45, 2.75) is 46.6 Å². The van der Waals surface area contributed by atoms with Gasteiger partial charge in [0, 0.05) is 11.4 Å². The van der Waals surface area contributed by atoms with Gasteiger partial charge < -0.3 is 10.1 Å². The zero-order valence-electron chi connectivity index (χ0n) is 13.4. The van der Waals surface area contributed by atoms with Crippen LogP contribution in [0.1, 0.15) is 39.2 Å². The molecule has 0 aromatic heterocycles. The fourth-order valence-corrected chi connectivity index (χ4v) is 2.52. The van der Waals surface area contributed by atoms with Gasteiger partial charge in [0.1, 0.15) is 5.75 Å². The molecule has 0 heterocycles. The van der Waals surface area contributed by atoms with Crippen LogP contribution >= 0.6 is 15.9 Å². The molecule has 0 aliphatic heterocycles. The van der Waals surface area contributed by atoms with Gasteiger partial charge in [0.2, 0.25) is 5.91 Å². The van der Waals surface area contributed by atoms with Crippen LogP contribution in [0.25, 0.3) is 0 Å². The Labute approximate surface area is 136 Å². The average molecular weight is 356 g/mol. The molecule has 0 spiro atoms. The molecule has 0 bridgehead atoms. The van der Waals surface area contributed by atoms with E-state index in [1.807, 2.05) is 31.2 Å². The lowest BCUT2D eigenvalue weighted by Crippen LogP contribution is -2.44. The first kappa shape index (κ1) is 18.0. The molecule has 0 aliphatic rings. The van der Waals surface area contributed by atoms with E-state index in [9.17, 15) is 4.79 Å². The van der Waals surface area contributed by atoms with Crippen LogP contribution in [0, 0.1) is 12.3 Å². The minimum atomic E-state index is 0.0449. The molecule has 1 aromatic carbocycles. The Morgan fingerprint density at radius 2 is 2.10 bits per heavy atom. The van der Waals surface area contributed by atoms with E-state index in [1.165, 1.54) is 0 Å². The largest absolute Gasteiger partial charge is 0.493 e. The van der Waals surface area contributed by atoms with E-state index in [-0.39, 0.29) is 17.4 Å². The van der Waals surface area contributed by atoms with Crippen molar-refractivity contribution in [2.24, 2.45) is 5.41 Å². The number of aryl methyl sites for hydroxylation is 1. The summed E-state index contributed by atoms with van der Waals surface area (Å²) in [6, 6.07) is 8.03. The molecule has 118 valence electrons. The maximum atomic E-state index is 12.0. The molecule has 3 nitrogen and oxygen atoms in total. The van der Waals surface area contributed by atoms with Crippen LogP contribution < -0.4 is 10.1 Å². The molecule has 1 rings (SSSR count). The molecule has 1 unspecified atom stereocenters. The van der Waals surface area contributed by atoms with Gasteiger partial charge in [0.05, 0.1) is 13.0 Å². The zero-order chi connectivity index (χ0) is 15.9. The Hall–Kier alpha value is -1.03. The van der Waals surface area contributed by atoms with E-state index in [2.05, 4.69) is 42.0 Å². The zero-order valence-corrected chi connectivity index (χ0v) is 15.0. The maximum Gasteiger partial charge on any atom is 0.223 e. The van der Waals surface area contributed by atoms with Crippen molar-refractivity contribution in [2.75, 3.05) is 11.9 Å². The van der Waals surface area contributed by atoms with Gasteiger partial charge in [0.15, 0.2) is 0 Å². The lowest BCUT2D eigenvalue weighted by Gasteiger charge is -2.31. The van der Waals surface area contributed by atoms with Crippen LogP contribution in [-0.4, -0.2) is 23.9 Å². The number of halogens is 1. The molecule has 0 saturated carbocycles. The molecule has 1 amide bonds. The first-order valence-corrected chi connectivity index (χ1v) is 8.50. The Morgan fingerprint density at radius 1 is 1.38 bits per heavy atom. The predicted octanol–water partition coefficient (Wildman–Crippen LogP) is 4.08. The van der Waals surface area contributed by atoms with Crippen molar-refractivity contribution in [1.29, 1.82) is 0 Å². The monoisotopic (exact) mass is 355 g/mol. The molecule has 0 saturated heterocycles. The fraction of sp³-hybridized carbons (Fsp3) is 0.588. The van der Waals surface area contributed by atoms with Crippen molar-refractivity contribution in [3.8, 4) is 5.75 Å². The van der Waals surface area contributed by atoms with Gasteiger partial charge in [-0.15, -0.1) is 0 Å². The van der Waals surface area contributed by atoms with Crippen molar-refractivity contribution in [3.05, 3.63) is 29.8 Å². The lowest BCUT2D eigenvalue weighted by molar-refractivity contribution is -0.123. The normalized spacial score (nSPS) is 12.8. The predicted molar refractivity (Wildman–Crippen MR) is 91.1 cm³/mol. The quantitative estimate of drug-likeness (QED) is 0.748. The number of amides is 1. The summed E-state index contributed by atoms with van der Waals surface area (Å²) in [5.41, 5.74) is 1.21. The van der Waals surface area contributed by atoms with Crippen LogP contribution in [0.4, 0.5) is 0 Å². The van der Waals surface area contributed by atoms with E-state index >= 15 is 0 Å². The molecule has 0 radical (unpaired) electrons. The van der Waals surface area contributed by atoms with E-state index < -0.39 is 0 Å². The smallest absolute Gasteiger partial charge is 0.223 e. The second-order valence-corrected chi connectivity index (χ2v) is 7.17. The van der Waals surface area contributed by atoms with Gasteiger partial charge in [-0.3, -0.25) is 4.79 Å². The second-order valence-electron chi connectivity index (χ2n) is 6.38. The Balaban J connectivity index is 2.39. The minimum absolute atomic E-state index is 0.0449. The SMILES string of the molecule is Cc1cccc(OCCC(=O)NC(CCBr)C(C)(C)C)c1. The number of hydrogen-bond donors (Lipinski definition) is 1. The van der Waals surface area contributed by atoms with Crippen LogP contribution in [-0.2, 0) is 4.79 Å². The van der Waals surface area contributed by atoms with Crippen LogP contribution in [0.3, 0.4) is 0 Å². The van der Waals surface area contributed by atoms with Gasteiger partial charge in [-0.25, -0.2) is 0 Å². The third-order valence-electron chi connectivity index (χ3n) is 3.37. The molecule has 21 heavy (non-hydrogen) atoms. The van der Waals surface area contributed by atoms with Crippen molar-refractivity contribution in [3.63, 3.8) is 0 Å². The van der Waals surface area contributed by atoms with Gasteiger partial charge in [-0.1, -0.05) is 48.8 Å². The summed E-state index contributed by atoms with van der Waals surface area (Å²) in [4.78, 5) is 12.0. The number of ether oxygens (including phenoxy) is 1. The highest BCUT2D eigenvalue weighted by molar-refractivity contribution is 9.09. The number of hydrogen-bond acceptors (Lipinski definition) is 2. The van der Waals surface area contributed by atoms with Crippen molar-refractivity contribution in [1.82, 2.24) is 5.32 Å². The molecular weight excluding hydrogens is 330 g/mol. The summed E-state index contributed by atoms with van der Waals surface area (Å²) in [6.07, 6.45) is 1.30. The van der Waals surface area contributed by atoms with Crippen LogP contribution in [0.5, 0.6) is 5.75 Å². The van der Waals surface area contributed by atoms with Crippen LogP contribution in [0.15, 0.2) is 24.3 Å². The molecule has 4 heteroatoms. The van der Waals surface area contributed by atoms with Gasteiger partial charge in [0.25, 0.3) is 0 Å². The van der Waals surface area contributed by atoms with Crippen molar-refractivity contribution < 1.29 is 9.53 Å². The number of rotatable bonds is 7. The number of alkyl halides is 1. The number of carbonyl (C=O) groups is 1. The van der Waals surface area contributed by atoms with Crippen LogP contribution in [0.2, 0.25) is 0 Å². The maximum absolute atomic E-state index is 12.0. The Bertz CT molecular complexity index is 454. The molecule has 0 fully saturated rings. The second kappa shape index (κ2) is 8.42. The fourth-order valence-electron chi connectivity index (χ4n) is 2.06. The molecular formula is C17H26BrNO2. The summed E-state index contributed by atoms with van der Waals surface area (Å²) in [5, 5.41) is 3.99. The standard InChI is InChI=1S/C17H26BrNO2/c1-13-6-5-7-14(12-13)21-11-9-16(20)19-15(8-10-18)17(2,3)4/h5-7,12,15H,8-11H2,1-4H3,(H,19,20). The minimum Gasteiger partial charge on any atom is -0.493 e. The van der Waals surface area contributed by atoms with E-state index in [4.69, 9.17) is 4.74 Å². The summed E-state index contributed by atoms with van der Waals surface area (Å²) in [7, 11) is 0. The first-order valence-electron chi connectivity index (χ1n) is 7.37. The Kier molecular flexibility index (Phi) is 7.23.